The van der Waals surface area contributed by atoms with Gasteiger partial charge in [0.2, 0.25) is 0 Å². The van der Waals surface area contributed by atoms with Crippen LogP contribution in [0.25, 0.3) is 6.08 Å². The smallest absolute Gasteiger partial charge is 0.293 e. The van der Waals surface area contributed by atoms with Crippen LogP contribution in [-0.2, 0) is 16.1 Å². The van der Waals surface area contributed by atoms with E-state index in [4.69, 9.17) is 9.47 Å². The predicted octanol–water partition coefficient (Wildman–Crippen LogP) is 5.86. The topological polar surface area (TPSA) is 128 Å². The molecule has 206 valence electrons. The quantitative estimate of drug-likeness (QED) is 0.185. The number of nitro groups is 1. The van der Waals surface area contributed by atoms with E-state index in [9.17, 15) is 24.5 Å². The number of anilines is 1. The first-order valence-corrected chi connectivity index (χ1v) is 13.2. The van der Waals surface area contributed by atoms with Crippen molar-refractivity contribution in [2.45, 2.75) is 27.3 Å². The van der Waals surface area contributed by atoms with Crippen LogP contribution in [0, 0.1) is 24.0 Å². The van der Waals surface area contributed by atoms with Gasteiger partial charge in [0, 0.05) is 17.8 Å². The zero-order chi connectivity index (χ0) is 28.8. The van der Waals surface area contributed by atoms with Gasteiger partial charge < -0.3 is 14.8 Å². The second-order valence-electron chi connectivity index (χ2n) is 8.97. The van der Waals surface area contributed by atoms with Gasteiger partial charge in [0.05, 0.1) is 23.0 Å². The number of ether oxygens (including phenoxy) is 2. The number of carbonyl (C=O) groups is 3. The van der Waals surface area contributed by atoms with Crippen LogP contribution in [-0.4, -0.2) is 40.1 Å². The van der Waals surface area contributed by atoms with Crippen LogP contribution in [0.4, 0.5) is 16.2 Å². The molecule has 0 saturated carbocycles. The molecule has 0 atom stereocenters. The van der Waals surface area contributed by atoms with E-state index >= 15 is 0 Å². The van der Waals surface area contributed by atoms with E-state index in [0.717, 1.165) is 27.8 Å². The lowest BCUT2D eigenvalue weighted by Gasteiger charge is -2.13. The summed E-state index contributed by atoms with van der Waals surface area (Å²) in [6.45, 7) is 5.90. The minimum absolute atomic E-state index is 0.00119. The minimum atomic E-state index is -0.513. The molecular weight excluding hydrogens is 534 g/mol. The standard InChI is InChI=1S/C29H27N3O7S/c1-4-38-25-14-21(8-12-24(25)39-17-27(33)30-22-9-5-18(2)19(3)13-22)15-26-28(34)31(29(35)40-26)16-20-6-10-23(11-7-20)32(36)37/h5-15H,4,16-17H2,1-3H3,(H,30,33)/b26-15+. The number of benzene rings is 3. The van der Waals surface area contributed by atoms with Gasteiger partial charge in [0.1, 0.15) is 0 Å². The number of rotatable bonds is 10. The SMILES string of the molecule is CCOc1cc(/C=C2/SC(=O)N(Cc3ccc([N+](=O)[O-])cc3)C2=O)ccc1OCC(=O)Nc1ccc(C)c(C)c1. The Morgan fingerprint density at radius 1 is 1.00 bits per heavy atom. The molecule has 0 aromatic heterocycles. The molecule has 0 unspecified atom stereocenters. The molecule has 10 nitrogen and oxygen atoms in total. The molecule has 4 rings (SSSR count). The molecule has 1 fully saturated rings. The third-order valence-electron chi connectivity index (χ3n) is 6.08. The number of non-ortho nitro benzene ring substituents is 1. The number of amides is 3. The fraction of sp³-hybridized carbons (Fsp3) is 0.207. The zero-order valence-electron chi connectivity index (χ0n) is 22.1. The average molecular weight is 562 g/mol. The number of nitro benzene ring substituents is 1. The van der Waals surface area contributed by atoms with Gasteiger partial charge >= 0.3 is 0 Å². The monoisotopic (exact) mass is 561 g/mol. The molecule has 1 heterocycles. The van der Waals surface area contributed by atoms with Crippen molar-refractivity contribution in [1.82, 2.24) is 4.90 Å². The van der Waals surface area contributed by atoms with Crippen LogP contribution >= 0.6 is 11.8 Å². The molecule has 1 N–H and O–H groups in total. The van der Waals surface area contributed by atoms with E-state index in [-0.39, 0.29) is 29.7 Å². The molecule has 0 aliphatic carbocycles. The number of hydrogen-bond donors (Lipinski definition) is 1. The van der Waals surface area contributed by atoms with Crippen LogP contribution < -0.4 is 14.8 Å². The van der Waals surface area contributed by atoms with Crippen molar-refractivity contribution in [3.63, 3.8) is 0 Å². The van der Waals surface area contributed by atoms with E-state index in [1.807, 2.05) is 39.0 Å². The van der Waals surface area contributed by atoms with Crippen LogP contribution in [0.3, 0.4) is 0 Å². The van der Waals surface area contributed by atoms with Crippen molar-refractivity contribution in [2.24, 2.45) is 0 Å². The minimum Gasteiger partial charge on any atom is -0.490 e. The van der Waals surface area contributed by atoms with Crippen molar-refractivity contribution < 1.29 is 28.8 Å². The molecule has 3 aromatic carbocycles. The van der Waals surface area contributed by atoms with Gasteiger partial charge in [-0.05, 0) is 85.1 Å². The number of nitrogens with zero attached hydrogens (tertiary/aromatic N) is 2. The summed E-state index contributed by atoms with van der Waals surface area (Å²) >= 11 is 0.809. The number of hydrogen-bond acceptors (Lipinski definition) is 8. The maximum Gasteiger partial charge on any atom is 0.293 e. The third-order valence-corrected chi connectivity index (χ3v) is 6.98. The van der Waals surface area contributed by atoms with E-state index < -0.39 is 16.1 Å². The molecule has 0 spiro atoms. The highest BCUT2D eigenvalue weighted by molar-refractivity contribution is 8.18. The third kappa shape index (κ3) is 6.86. The predicted molar refractivity (Wildman–Crippen MR) is 152 cm³/mol. The molecule has 40 heavy (non-hydrogen) atoms. The summed E-state index contributed by atoms with van der Waals surface area (Å²) in [5, 5.41) is 13.2. The van der Waals surface area contributed by atoms with Gasteiger partial charge in [-0.2, -0.15) is 0 Å². The van der Waals surface area contributed by atoms with Gasteiger partial charge in [0.15, 0.2) is 18.1 Å². The fourth-order valence-corrected chi connectivity index (χ4v) is 4.69. The van der Waals surface area contributed by atoms with E-state index in [1.54, 1.807) is 24.3 Å². The van der Waals surface area contributed by atoms with Gasteiger partial charge in [-0.3, -0.25) is 29.4 Å². The van der Waals surface area contributed by atoms with E-state index in [0.29, 0.717) is 34.9 Å². The van der Waals surface area contributed by atoms with Crippen molar-refractivity contribution in [2.75, 3.05) is 18.5 Å². The van der Waals surface area contributed by atoms with Gasteiger partial charge in [-0.15, -0.1) is 0 Å². The second-order valence-corrected chi connectivity index (χ2v) is 9.96. The lowest BCUT2D eigenvalue weighted by molar-refractivity contribution is -0.384. The summed E-state index contributed by atoms with van der Waals surface area (Å²) in [6.07, 6.45) is 1.58. The maximum atomic E-state index is 13.0. The highest BCUT2D eigenvalue weighted by Crippen LogP contribution is 2.35. The first-order valence-electron chi connectivity index (χ1n) is 12.4. The van der Waals surface area contributed by atoms with Crippen LogP contribution in [0.1, 0.15) is 29.2 Å². The highest BCUT2D eigenvalue weighted by Gasteiger charge is 2.35. The summed E-state index contributed by atoms with van der Waals surface area (Å²) < 4.78 is 11.4. The molecule has 3 aromatic rings. The first-order chi connectivity index (χ1) is 19.1. The maximum absolute atomic E-state index is 13.0. The van der Waals surface area contributed by atoms with Gasteiger partial charge in [-0.25, -0.2) is 0 Å². The Morgan fingerprint density at radius 2 is 1.75 bits per heavy atom. The largest absolute Gasteiger partial charge is 0.490 e. The Bertz CT molecular complexity index is 1500. The van der Waals surface area contributed by atoms with Crippen molar-refractivity contribution in [1.29, 1.82) is 0 Å². The summed E-state index contributed by atoms with van der Waals surface area (Å²) in [5.74, 6) is -0.0352. The number of carbonyl (C=O) groups excluding carboxylic acids is 3. The lowest BCUT2D eigenvalue weighted by Crippen LogP contribution is -2.27. The molecule has 1 aliphatic heterocycles. The normalized spacial score (nSPS) is 14.0. The fourth-order valence-electron chi connectivity index (χ4n) is 3.85. The van der Waals surface area contributed by atoms with Crippen molar-refractivity contribution in [3.05, 3.63) is 97.9 Å². The molecular formula is C29H27N3O7S. The number of nitrogens with one attached hydrogen (secondary N) is 1. The summed E-state index contributed by atoms with van der Waals surface area (Å²) in [4.78, 5) is 49.6. The Labute approximate surface area is 235 Å². The molecule has 1 aliphatic rings. The van der Waals surface area contributed by atoms with Crippen molar-refractivity contribution >= 4 is 46.3 Å². The molecule has 11 heteroatoms. The molecule has 3 amide bonds. The molecule has 0 bridgehead atoms. The first kappa shape index (κ1) is 28.4. The van der Waals surface area contributed by atoms with Crippen LogP contribution in [0.2, 0.25) is 0 Å². The zero-order valence-corrected chi connectivity index (χ0v) is 22.9. The summed E-state index contributed by atoms with van der Waals surface area (Å²) in [5.41, 5.74) is 4.01. The van der Waals surface area contributed by atoms with Gasteiger partial charge in [0.25, 0.3) is 22.7 Å². The Kier molecular flexibility index (Phi) is 8.85. The highest BCUT2D eigenvalue weighted by atomic mass is 32.2. The number of imide groups is 1. The lowest BCUT2D eigenvalue weighted by atomic mass is 10.1. The molecule has 1 saturated heterocycles. The van der Waals surface area contributed by atoms with E-state index in [2.05, 4.69) is 5.32 Å². The van der Waals surface area contributed by atoms with E-state index in [1.165, 1.54) is 24.3 Å². The summed E-state index contributed by atoms with van der Waals surface area (Å²) in [6, 6.07) is 16.3. The Balaban J connectivity index is 1.43. The Morgan fingerprint density at radius 3 is 2.42 bits per heavy atom. The summed E-state index contributed by atoms with van der Waals surface area (Å²) in [7, 11) is 0. The number of aryl methyl sites for hydroxylation is 2. The second kappa shape index (κ2) is 12.5. The Hall–Kier alpha value is -4.64. The average Bonchev–Trinajstić information content (AvgIpc) is 3.18. The number of thioether (sulfide) groups is 1. The molecule has 0 radical (unpaired) electrons. The van der Waals surface area contributed by atoms with Crippen LogP contribution in [0.15, 0.2) is 65.6 Å². The van der Waals surface area contributed by atoms with Crippen molar-refractivity contribution in [3.8, 4) is 11.5 Å². The van der Waals surface area contributed by atoms with Crippen LogP contribution in [0.5, 0.6) is 11.5 Å². The van der Waals surface area contributed by atoms with Gasteiger partial charge in [-0.1, -0.05) is 24.3 Å².